The van der Waals surface area contributed by atoms with Crippen LogP contribution in [0.25, 0.3) is 0 Å². The standard InChI is InChI=1S/C15H23N3O6/c1-10-17-24-14(21)18(10)9-7-6-8-11(12(19)22-5)16-13(20)23-15(2,3)4/h8H,6-7,9H2,1-5H3,(H,16,20)/b11-8-. The highest BCUT2D eigenvalue weighted by Crippen LogP contribution is 2.08. The molecule has 0 saturated heterocycles. The number of carbonyl (C=O) groups is 2. The number of hydrogen-bond acceptors (Lipinski definition) is 7. The first-order valence-electron chi connectivity index (χ1n) is 7.45. The minimum absolute atomic E-state index is 0.0128. The Hall–Kier alpha value is -2.58. The Morgan fingerprint density at radius 2 is 2.04 bits per heavy atom. The summed E-state index contributed by atoms with van der Waals surface area (Å²) in [5.41, 5.74) is -0.695. The van der Waals surface area contributed by atoms with Crippen LogP contribution in [0.2, 0.25) is 0 Å². The lowest BCUT2D eigenvalue weighted by Crippen LogP contribution is -2.34. The summed E-state index contributed by atoms with van der Waals surface area (Å²) in [4.78, 5) is 34.8. The topological polar surface area (TPSA) is 113 Å². The van der Waals surface area contributed by atoms with Crippen molar-refractivity contribution >= 4 is 12.1 Å². The Labute approximate surface area is 139 Å². The van der Waals surface area contributed by atoms with Gasteiger partial charge in [-0.3, -0.25) is 14.4 Å². The van der Waals surface area contributed by atoms with Crippen molar-refractivity contribution in [2.75, 3.05) is 7.11 Å². The number of rotatable bonds is 6. The molecule has 0 bridgehead atoms. The second-order valence-corrected chi connectivity index (χ2v) is 6.03. The van der Waals surface area contributed by atoms with Crippen molar-refractivity contribution in [2.45, 2.75) is 52.7 Å². The first-order valence-corrected chi connectivity index (χ1v) is 7.45. The van der Waals surface area contributed by atoms with Gasteiger partial charge in [-0.25, -0.2) is 14.4 Å². The van der Waals surface area contributed by atoms with Crippen LogP contribution in [0.1, 0.15) is 39.4 Å². The summed E-state index contributed by atoms with van der Waals surface area (Å²) >= 11 is 0. The lowest BCUT2D eigenvalue weighted by atomic mass is 10.2. The van der Waals surface area contributed by atoms with Gasteiger partial charge in [0.2, 0.25) is 0 Å². The Morgan fingerprint density at radius 1 is 1.38 bits per heavy atom. The van der Waals surface area contributed by atoms with Gasteiger partial charge in [0.05, 0.1) is 7.11 Å². The molecular weight excluding hydrogens is 318 g/mol. The predicted molar refractivity (Wildman–Crippen MR) is 84.2 cm³/mol. The molecule has 0 atom stereocenters. The number of methoxy groups -OCH3 is 1. The van der Waals surface area contributed by atoms with E-state index in [2.05, 4.69) is 19.7 Å². The molecule has 0 unspecified atom stereocenters. The van der Waals surface area contributed by atoms with Crippen LogP contribution >= 0.6 is 0 Å². The second kappa shape index (κ2) is 8.32. The van der Waals surface area contributed by atoms with Crippen molar-refractivity contribution in [2.24, 2.45) is 0 Å². The molecule has 134 valence electrons. The molecule has 0 saturated carbocycles. The largest absolute Gasteiger partial charge is 0.464 e. The summed E-state index contributed by atoms with van der Waals surface area (Å²) in [6, 6.07) is 0. The molecule has 9 heteroatoms. The number of esters is 1. The van der Waals surface area contributed by atoms with Gasteiger partial charge in [0, 0.05) is 6.54 Å². The normalized spacial score (nSPS) is 12.0. The third-order valence-electron chi connectivity index (χ3n) is 2.84. The molecule has 0 radical (unpaired) electrons. The number of unbranched alkanes of at least 4 members (excludes halogenated alkanes) is 1. The van der Waals surface area contributed by atoms with E-state index in [0.29, 0.717) is 25.2 Å². The van der Waals surface area contributed by atoms with E-state index in [1.54, 1.807) is 27.7 Å². The molecule has 1 amide bonds. The predicted octanol–water partition coefficient (Wildman–Crippen LogP) is 1.51. The Balaban J connectivity index is 2.64. The number of amides is 1. The molecule has 0 spiro atoms. The van der Waals surface area contributed by atoms with Crippen molar-refractivity contribution in [1.82, 2.24) is 15.0 Å². The van der Waals surface area contributed by atoms with E-state index in [9.17, 15) is 14.4 Å². The van der Waals surface area contributed by atoms with Gasteiger partial charge in [-0.1, -0.05) is 11.2 Å². The average molecular weight is 341 g/mol. The second-order valence-electron chi connectivity index (χ2n) is 6.03. The maximum absolute atomic E-state index is 11.8. The summed E-state index contributed by atoms with van der Waals surface area (Å²) in [6.07, 6.45) is 1.74. The third-order valence-corrected chi connectivity index (χ3v) is 2.84. The van der Waals surface area contributed by atoms with Gasteiger partial charge >= 0.3 is 17.8 Å². The quantitative estimate of drug-likeness (QED) is 0.474. The number of aryl methyl sites for hydroxylation is 1. The Bertz CT molecular complexity index is 665. The summed E-state index contributed by atoms with van der Waals surface area (Å²) in [5.74, 6) is -0.736. The fourth-order valence-corrected chi connectivity index (χ4v) is 1.79. The lowest BCUT2D eigenvalue weighted by molar-refractivity contribution is -0.136. The monoisotopic (exact) mass is 341 g/mol. The molecule has 1 aromatic rings. The van der Waals surface area contributed by atoms with Crippen LogP contribution in [-0.2, 0) is 20.8 Å². The van der Waals surface area contributed by atoms with Gasteiger partial charge in [0.25, 0.3) is 0 Å². The fraction of sp³-hybridized carbons (Fsp3) is 0.600. The number of nitrogens with zero attached hydrogens (tertiary/aromatic N) is 2. The van der Waals surface area contributed by atoms with Crippen molar-refractivity contribution in [3.8, 4) is 0 Å². The van der Waals surface area contributed by atoms with Crippen molar-refractivity contribution in [3.63, 3.8) is 0 Å². The van der Waals surface area contributed by atoms with E-state index in [1.165, 1.54) is 17.8 Å². The molecule has 0 aliphatic rings. The smallest absolute Gasteiger partial charge is 0.441 e. The molecule has 0 aromatic carbocycles. The van der Waals surface area contributed by atoms with Gasteiger partial charge in [0.1, 0.15) is 11.3 Å². The highest BCUT2D eigenvalue weighted by Gasteiger charge is 2.19. The van der Waals surface area contributed by atoms with Crippen molar-refractivity contribution < 1.29 is 23.6 Å². The summed E-state index contributed by atoms with van der Waals surface area (Å²) in [7, 11) is 1.22. The van der Waals surface area contributed by atoms with Gasteiger partial charge in [0.15, 0.2) is 5.82 Å². The number of alkyl carbamates (subject to hydrolysis) is 1. The minimum atomic E-state index is -0.745. The third kappa shape index (κ3) is 6.27. The van der Waals surface area contributed by atoms with Gasteiger partial charge in [-0.05, 0) is 40.5 Å². The van der Waals surface area contributed by atoms with Crippen LogP contribution in [0.15, 0.2) is 21.1 Å². The Morgan fingerprint density at radius 3 is 2.54 bits per heavy atom. The van der Waals surface area contributed by atoms with E-state index >= 15 is 0 Å². The van der Waals surface area contributed by atoms with Crippen molar-refractivity contribution in [1.29, 1.82) is 0 Å². The highest BCUT2D eigenvalue weighted by atomic mass is 16.6. The summed E-state index contributed by atoms with van der Waals surface area (Å²) in [5, 5.41) is 5.92. The number of hydrogen-bond donors (Lipinski definition) is 1. The van der Waals surface area contributed by atoms with Crippen LogP contribution in [-0.4, -0.2) is 34.5 Å². The maximum Gasteiger partial charge on any atom is 0.441 e. The molecule has 0 fully saturated rings. The molecule has 1 N–H and O–H groups in total. The van der Waals surface area contributed by atoms with Crippen molar-refractivity contribution in [3.05, 3.63) is 28.1 Å². The molecular formula is C15H23N3O6. The van der Waals surface area contributed by atoms with Crippen LogP contribution < -0.4 is 11.1 Å². The minimum Gasteiger partial charge on any atom is -0.464 e. The molecule has 1 heterocycles. The molecule has 0 aliphatic carbocycles. The van der Waals surface area contributed by atoms with Gasteiger partial charge < -0.3 is 9.47 Å². The molecule has 0 aliphatic heterocycles. The van der Waals surface area contributed by atoms with E-state index in [0.717, 1.165) is 0 Å². The SMILES string of the molecule is COC(=O)/C(=C/CCCn1c(C)noc1=O)NC(=O)OC(C)(C)C. The van der Waals surface area contributed by atoms with Crippen LogP contribution in [0.5, 0.6) is 0 Å². The summed E-state index contributed by atoms with van der Waals surface area (Å²) < 4.78 is 15.6. The zero-order valence-corrected chi connectivity index (χ0v) is 14.5. The van der Waals surface area contributed by atoms with Crippen LogP contribution in [0.3, 0.4) is 0 Å². The number of carbonyl (C=O) groups excluding carboxylic acids is 2. The fourth-order valence-electron chi connectivity index (χ4n) is 1.79. The van der Waals surface area contributed by atoms with E-state index < -0.39 is 23.4 Å². The maximum atomic E-state index is 11.8. The van der Waals surface area contributed by atoms with E-state index in [4.69, 9.17) is 4.74 Å². The number of ether oxygens (including phenoxy) is 2. The lowest BCUT2D eigenvalue weighted by Gasteiger charge is -2.20. The Kier molecular flexibility index (Phi) is 6.75. The first-order chi connectivity index (χ1) is 11.1. The zero-order chi connectivity index (χ0) is 18.3. The molecule has 9 nitrogen and oxygen atoms in total. The van der Waals surface area contributed by atoms with Gasteiger partial charge in [-0.2, -0.15) is 0 Å². The van der Waals surface area contributed by atoms with Crippen LogP contribution in [0.4, 0.5) is 4.79 Å². The molecule has 24 heavy (non-hydrogen) atoms. The first kappa shape index (κ1) is 19.5. The zero-order valence-electron chi connectivity index (χ0n) is 14.5. The highest BCUT2D eigenvalue weighted by molar-refractivity contribution is 5.92. The van der Waals surface area contributed by atoms with E-state index in [-0.39, 0.29) is 5.70 Å². The molecule has 1 aromatic heterocycles. The molecule has 1 rings (SSSR count). The number of allylic oxidation sites excluding steroid dienone is 1. The summed E-state index contributed by atoms with van der Waals surface area (Å²) in [6.45, 7) is 7.18. The van der Waals surface area contributed by atoms with Crippen LogP contribution in [0, 0.1) is 6.92 Å². The number of aromatic nitrogens is 2. The average Bonchev–Trinajstić information content (AvgIpc) is 2.79. The van der Waals surface area contributed by atoms with Gasteiger partial charge in [-0.15, -0.1) is 0 Å². The van der Waals surface area contributed by atoms with E-state index in [1.807, 2.05) is 0 Å². The number of nitrogens with one attached hydrogen (secondary N) is 1.